The Balaban J connectivity index is 1.99. The van der Waals surface area contributed by atoms with E-state index in [9.17, 15) is 0 Å². The summed E-state index contributed by atoms with van der Waals surface area (Å²) in [6.07, 6.45) is 3.09. The van der Waals surface area contributed by atoms with E-state index in [0.717, 1.165) is 19.9 Å². The summed E-state index contributed by atoms with van der Waals surface area (Å²) in [4.78, 5) is 16.4. The van der Waals surface area contributed by atoms with Crippen molar-refractivity contribution >= 4 is 38.9 Å². The molecule has 3 rings (SSSR count). The van der Waals surface area contributed by atoms with Crippen LogP contribution in [-0.2, 0) is 0 Å². The molecule has 2 aromatic heterocycles. The van der Waals surface area contributed by atoms with Crippen molar-refractivity contribution in [3.63, 3.8) is 0 Å². The normalized spacial score (nSPS) is 10.5. The number of rotatable bonds is 2. The Bertz CT molecular complexity index is 792. The second-order valence-corrected chi connectivity index (χ2v) is 5.55. The lowest BCUT2D eigenvalue weighted by atomic mass is 10.2. The number of halogens is 1. The Hall–Kier alpha value is -1.91. The predicted octanol–water partition coefficient (Wildman–Crippen LogP) is 3.14. The summed E-state index contributed by atoms with van der Waals surface area (Å²) in [5.41, 5.74) is 2.07. The molecular weight excluding hydrogens is 326 g/mol. The predicted molar refractivity (Wildman–Crippen MR) is 74.7 cm³/mol. The van der Waals surface area contributed by atoms with Crippen molar-refractivity contribution in [3.8, 4) is 6.07 Å². The molecule has 3 aromatic rings. The maximum atomic E-state index is 8.89. The third-order valence-corrected chi connectivity index (χ3v) is 4.11. The van der Waals surface area contributed by atoms with Crippen molar-refractivity contribution in [2.75, 3.05) is 0 Å². The Kier molecular flexibility index (Phi) is 3.19. The van der Waals surface area contributed by atoms with Gasteiger partial charge in [0.2, 0.25) is 0 Å². The van der Waals surface area contributed by atoms with Gasteiger partial charge in [0.05, 0.1) is 11.9 Å². The second-order valence-electron chi connectivity index (χ2n) is 3.64. The van der Waals surface area contributed by atoms with Crippen LogP contribution in [0.15, 0.2) is 45.2 Å². The lowest BCUT2D eigenvalue weighted by Gasteiger charge is -2.03. The Morgan fingerprint density at radius 2 is 2.16 bits per heavy atom. The molecule has 0 aliphatic carbocycles. The molecule has 0 saturated carbocycles. The third kappa shape index (κ3) is 2.32. The highest BCUT2D eigenvalue weighted by atomic mass is 79.9. The average molecular weight is 332 g/mol. The number of hydrogen-bond acceptors (Lipinski definition) is 5. The highest BCUT2D eigenvalue weighted by Gasteiger charge is 2.08. The summed E-state index contributed by atoms with van der Waals surface area (Å²) >= 11 is 4.87. The van der Waals surface area contributed by atoms with Gasteiger partial charge in [-0.25, -0.2) is 15.0 Å². The van der Waals surface area contributed by atoms with Gasteiger partial charge in [0.1, 0.15) is 22.9 Å². The molecule has 0 fully saturated rings. The minimum atomic E-state index is 0.610. The van der Waals surface area contributed by atoms with Crippen LogP contribution in [0.5, 0.6) is 0 Å². The van der Waals surface area contributed by atoms with Crippen molar-refractivity contribution in [2.24, 2.45) is 0 Å². The van der Waals surface area contributed by atoms with E-state index in [0.29, 0.717) is 11.2 Å². The Labute approximate surface area is 121 Å². The van der Waals surface area contributed by atoms with Crippen molar-refractivity contribution in [1.82, 2.24) is 19.9 Å². The number of aromatic amines is 1. The van der Waals surface area contributed by atoms with Crippen LogP contribution in [0, 0.1) is 11.3 Å². The third-order valence-electron chi connectivity index (χ3n) is 2.46. The molecule has 7 heteroatoms. The first kappa shape index (κ1) is 12.1. The van der Waals surface area contributed by atoms with Crippen LogP contribution < -0.4 is 0 Å². The molecule has 0 unspecified atom stereocenters. The van der Waals surface area contributed by atoms with Crippen LogP contribution in [0.25, 0.3) is 11.2 Å². The van der Waals surface area contributed by atoms with Crippen LogP contribution in [0.1, 0.15) is 5.56 Å². The van der Waals surface area contributed by atoms with Crippen LogP contribution in [0.4, 0.5) is 0 Å². The topological polar surface area (TPSA) is 78.2 Å². The zero-order valence-corrected chi connectivity index (χ0v) is 11.9. The van der Waals surface area contributed by atoms with Gasteiger partial charge in [0.15, 0.2) is 5.65 Å². The molecule has 0 saturated heterocycles. The number of nitrogens with one attached hydrogen (secondary N) is 1. The highest BCUT2D eigenvalue weighted by Crippen LogP contribution is 2.32. The van der Waals surface area contributed by atoms with Crippen molar-refractivity contribution in [3.05, 3.63) is 40.9 Å². The molecule has 5 nitrogen and oxygen atoms in total. The first-order valence-corrected chi connectivity index (χ1v) is 6.90. The molecule has 0 bridgehead atoms. The van der Waals surface area contributed by atoms with E-state index in [2.05, 4.69) is 41.9 Å². The molecule has 0 spiro atoms. The number of H-pyrrole nitrogens is 1. The van der Waals surface area contributed by atoms with E-state index in [1.54, 1.807) is 12.4 Å². The summed E-state index contributed by atoms with van der Waals surface area (Å²) in [6, 6.07) is 7.67. The zero-order valence-electron chi connectivity index (χ0n) is 9.46. The summed E-state index contributed by atoms with van der Waals surface area (Å²) in [5, 5.41) is 9.70. The number of hydrogen-bond donors (Lipinski definition) is 1. The number of aromatic nitrogens is 4. The summed E-state index contributed by atoms with van der Waals surface area (Å²) in [5.74, 6) is 0. The number of nitriles is 1. The standard InChI is InChI=1S/C12H6BrN5S/c13-9-3-8(2-1-7(9)4-14)19-12-10-11(16-5-15-10)17-6-18-12/h1-3,5-6H,(H,15,16,17,18). The summed E-state index contributed by atoms with van der Waals surface area (Å²) in [6.45, 7) is 0. The lowest BCUT2D eigenvalue weighted by Crippen LogP contribution is -1.86. The summed E-state index contributed by atoms with van der Waals surface area (Å²) < 4.78 is 0.773. The fourth-order valence-corrected chi connectivity index (χ4v) is 3.09. The van der Waals surface area contributed by atoms with Gasteiger partial charge in [-0.3, -0.25) is 0 Å². The maximum absolute atomic E-state index is 8.89. The van der Waals surface area contributed by atoms with Gasteiger partial charge in [-0.2, -0.15) is 5.26 Å². The molecular formula is C12H6BrN5S. The van der Waals surface area contributed by atoms with Crippen LogP contribution in [-0.4, -0.2) is 19.9 Å². The van der Waals surface area contributed by atoms with Crippen LogP contribution in [0.3, 0.4) is 0 Å². The zero-order chi connectivity index (χ0) is 13.2. The lowest BCUT2D eigenvalue weighted by molar-refractivity contribution is 1.08. The molecule has 0 amide bonds. The van der Waals surface area contributed by atoms with Gasteiger partial charge < -0.3 is 4.98 Å². The van der Waals surface area contributed by atoms with Gasteiger partial charge in [-0.15, -0.1) is 0 Å². The molecule has 0 aliphatic heterocycles. The van der Waals surface area contributed by atoms with E-state index in [-0.39, 0.29) is 0 Å². The van der Waals surface area contributed by atoms with Crippen molar-refractivity contribution < 1.29 is 0 Å². The molecule has 0 atom stereocenters. The molecule has 92 valence electrons. The molecule has 1 N–H and O–H groups in total. The number of nitrogens with zero attached hydrogens (tertiary/aromatic N) is 4. The molecule has 19 heavy (non-hydrogen) atoms. The Morgan fingerprint density at radius 3 is 2.95 bits per heavy atom. The minimum Gasteiger partial charge on any atom is -0.341 e. The quantitative estimate of drug-likeness (QED) is 0.730. The minimum absolute atomic E-state index is 0.610. The number of imidazole rings is 1. The van der Waals surface area contributed by atoms with E-state index >= 15 is 0 Å². The van der Waals surface area contributed by atoms with Crippen molar-refractivity contribution in [2.45, 2.75) is 9.92 Å². The van der Waals surface area contributed by atoms with Crippen molar-refractivity contribution in [1.29, 1.82) is 5.26 Å². The fraction of sp³-hybridized carbons (Fsp3) is 0. The smallest absolute Gasteiger partial charge is 0.181 e. The molecule has 0 radical (unpaired) electrons. The van der Waals surface area contributed by atoms with Gasteiger partial charge in [0, 0.05) is 9.37 Å². The molecule has 0 aliphatic rings. The van der Waals surface area contributed by atoms with Gasteiger partial charge >= 0.3 is 0 Å². The number of benzene rings is 1. The van der Waals surface area contributed by atoms with E-state index in [4.69, 9.17) is 5.26 Å². The van der Waals surface area contributed by atoms with Crippen LogP contribution >= 0.6 is 27.7 Å². The van der Waals surface area contributed by atoms with E-state index < -0.39 is 0 Å². The monoisotopic (exact) mass is 331 g/mol. The SMILES string of the molecule is N#Cc1ccc(Sc2ncnc3nc[nH]c23)cc1Br. The first-order chi connectivity index (χ1) is 9.28. The van der Waals surface area contributed by atoms with E-state index in [1.165, 1.54) is 18.1 Å². The van der Waals surface area contributed by atoms with E-state index in [1.807, 2.05) is 12.1 Å². The largest absolute Gasteiger partial charge is 0.341 e. The Morgan fingerprint density at radius 1 is 1.26 bits per heavy atom. The fourth-order valence-electron chi connectivity index (χ4n) is 1.58. The molecule has 1 aromatic carbocycles. The molecule has 2 heterocycles. The first-order valence-electron chi connectivity index (χ1n) is 5.29. The highest BCUT2D eigenvalue weighted by molar-refractivity contribution is 9.10. The number of fused-ring (bicyclic) bond motifs is 1. The van der Waals surface area contributed by atoms with Gasteiger partial charge in [0.25, 0.3) is 0 Å². The second kappa shape index (κ2) is 4.99. The maximum Gasteiger partial charge on any atom is 0.181 e. The van der Waals surface area contributed by atoms with Crippen LogP contribution in [0.2, 0.25) is 0 Å². The summed E-state index contributed by atoms with van der Waals surface area (Å²) in [7, 11) is 0. The average Bonchev–Trinajstić information content (AvgIpc) is 2.88. The van der Waals surface area contributed by atoms with Gasteiger partial charge in [-0.05, 0) is 34.1 Å². The van der Waals surface area contributed by atoms with Gasteiger partial charge in [-0.1, -0.05) is 11.8 Å².